The molecular formula is C31H59NO4S. The number of aliphatic hydroxyl groups excluding tert-OH is 1. The molecule has 0 saturated heterocycles. The molecule has 1 N–H and O–H groups in total. The van der Waals surface area contributed by atoms with Crippen LogP contribution in [0.15, 0.2) is 29.2 Å². The Labute approximate surface area is 230 Å². The molecule has 1 rings (SSSR count). The highest BCUT2D eigenvalue weighted by Crippen LogP contribution is 2.14. The lowest BCUT2D eigenvalue weighted by atomic mass is 10.1. The Hall–Kier alpha value is -0.950. The molecule has 0 aliphatic heterocycles. The van der Waals surface area contributed by atoms with Crippen LogP contribution in [-0.4, -0.2) is 49.4 Å². The van der Waals surface area contributed by atoms with Gasteiger partial charge in [-0.2, -0.15) is 0 Å². The van der Waals surface area contributed by atoms with Crippen LogP contribution in [0.4, 0.5) is 0 Å². The van der Waals surface area contributed by atoms with E-state index in [0.717, 1.165) is 23.1 Å². The summed E-state index contributed by atoms with van der Waals surface area (Å²) < 4.78 is 32.0. The number of aliphatic hydroxyl groups is 1. The van der Waals surface area contributed by atoms with Crippen LogP contribution >= 0.6 is 0 Å². The zero-order valence-corrected chi connectivity index (χ0v) is 25.5. The molecule has 1 aromatic carbocycles. The molecule has 0 aromatic heterocycles. The quantitative estimate of drug-likeness (QED) is 0.0692. The fourth-order valence-corrected chi connectivity index (χ4v) is 5.04. The van der Waals surface area contributed by atoms with Gasteiger partial charge in [-0.3, -0.25) is 0 Å². The standard InChI is InChI=1S/C24H52NO.C7H8O3S/c1-4-6-8-10-12-14-16-18-20-22-25(3,24-26)23-21-19-17-15-13-11-9-7-5-2;1-6-2-4-7(5-3-6)11(8,9)10/h26H,4-24H2,1-3H3;2-5H,1H3,(H,8,9,10)/q+1;/p-1. The van der Waals surface area contributed by atoms with Crippen molar-refractivity contribution in [2.24, 2.45) is 0 Å². The van der Waals surface area contributed by atoms with Crippen LogP contribution in [0.2, 0.25) is 0 Å². The van der Waals surface area contributed by atoms with Gasteiger partial charge in [-0.15, -0.1) is 0 Å². The molecule has 1 aromatic rings. The van der Waals surface area contributed by atoms with Crippen molar-refractivity contribution >= 4 is 10.1 Å². The van der Waals surface area contributed by atoms with Gasteiger partial charge >= 0.3 is 0 Å². The van der Waals surface area contributed by atoms with Gasteiger partial charge in [0.05, 0.1) is 25.0 Å². The SMILES string of the molecule is CCCCCCCCCCC[N+](C)(CO)CCCCCCCCCCC.Cc1ccc(S(=O)(=O)[O-])cc1. The zero-order chi connectivity index (χ0) is 27.8. The van der Waals surface area contributed by atoms with Crippen molar-refractivity contribution in [1.82, 2.24) is 0 Å². The first-order chi connectivity index (χ1) is 17.7. The second-order valence-corrected chi connectivity index (χ2v) is 12.5. The lowest BCUT2D eigenvalue weighted by Crippen LogP contribution is -2.46. The maximum absolute atomic E-state index is 10.4. The van der Waals surface area contributed by atoms with Crippen LogP contribution in [0.1, 0.15) is 135 Å². The predicted molar refractivity (Wildman–Crippen MR) is 157 cm³/mol. The maximum Gasteiger partial charge on any atom is 0.180 e. The van der Waals surface area contributed by atoms with Crippen molar-refractivity contribution in [3.05, 3.63) is 29.8 Å². The van der Waals surface area contributed by atoms with Crippen molar-refractivity contribution < 1.29 is 22.6 Å². The number of unbranched alkanes of at least 4 members (excludes halogenated alkanes) is 16. The molecule has 0 amide bonds. The second-order valence-electron chi connectivity index (χ2n) is 11.1. The fourth-order valence-electron chi connectivity index (χ4n) is 4.57. The van der Waals surface area contributed by atoms with Crippen LogP contribution in [0.25, 0.3) is 0 Å². The smallest absolute Gasteiger partial charge is 0.180 e. The van der Waals surface area contributed by atoms with Gasteiger partial charge in [-0.1, -0.05) is 121 Å². The summed E-state index contributed by atoms with van der Waals surface area (Å²) in [5.74, 6) is 0. The molecule has 0 heterocycles. The lowest BCUT2D eigenvalue weighted by molar-refractivity contribution is -0.927. The Bertz CT molecular complexity index is 712. The van der Waals surface area contributed by atoms with Crippen LogP contribution in [0, 0.1) is 6.92 Å². The third-order valence-corrected chi connectivity index (χ3v) is 8.10. The van der Waals surface area contributed by atoms with Crippen LogP contribution < -0.4 is 0 Å². The number of rotatable bonds is 22. The molecule has 0 radical (unpaired) electrons. The Kier molecular flexibility index (Phi) is 22.4. The summed E-state index contributed by atoms with van der Waals surface area (Å²) in [7, 11) is -2.02. The molecule has 0 aliphatic carbocycles. The number of hydrogen-bond acceptors (Lipinski definition) is 4. The number of quaternary nitrogens is 1. The Morgan fingerprint density at radius 2 is 0.973 bits per heavy atom. The van der Waals surface area contributed by atoms with E-state index < -0.39 is 10.1 Å². The van der Waals surface area contributed by atoms with Gasteiger partial charge in [0.1, 0.15) is 10.1 Å². The van der Waals surface area contributed by atoms with Crippen molar-refractivity contribution in [3.8, 4) is 0 Å². The first kappa shape index (κ1) is 36.0. The minimum absolute atomic E-state index is 0.178. The van der Waals surface area contributed by atoms with E-state index in [0.29, 0.717) is 6.73 Å². The van der Waals surface area contributed by atoms with E-state index >= 15 is 0 Å². The number of benzene rings is 1. The summed E-state index contributed by atoms with van der Waals surface area (Å²) >= 11 is 0. The van der Waals surface area contributed by atoms with Crippen molar-refractivity contribution in [3.63, 3.8) is 0 Å². The molecule has 0 bridgehead atoms. The minimum atomic E-state index is -4.27. The van der Waals surface area contributed by atoms with Gasteiger partial charge in [0.25, 0.3) is 0 Å². The topological polar surface area (TPSA) is 77.4 Å². The number of hydrogen-bond donors (Lipinski definition) is 1. The van der Waals surface area contributed by atoms with Crippen molar-refractivity contribution in [2.75, 3.05) is 26.9 Å². The number of aryl methyl sites for hydroxylation is 1. The van der Waals surface area contributed by atoms with Gasteiger partial charge in [0, 0.05) is 0 Å². The molecule has 0 spiro atoms. The molecule has 0 fully saturated rings. The molecule has 0 unspecified atom stereocenters. The highest BCUT2D eigenvalue weighted by atomic mass is 32.2. The molecule has 6 heteroatoms. The molecule has 5 nitrogen and oxygen atoms in total. The van der Waals surface area contributed by atoms with E-state index in [9.17, 15) is 18.1 Å². The lowest BCUT2D eigenvalue weighted by Gasteiger charge is -2.32. The fraction of sp³-hybridized carbons (Fsp3) is 0.806. The van der Waals surface area contributed by atoms with Gasteiger partial charge in [-0.05, 0) is 44.7 Å². The normalized spacial score (nSPS) is 11.8. The Morgan fingerprint density at radius 3 is 1.27 bits per heavy atom. The molecule has 0 saturated carbocycles. The first-order valence-corrected chi connectivity index (χ1v) is 16.6. The van der Waals surface area contributed by atoms with E-state index in [1.165, 1.54) is 128 Å². The molecule has 0 aliphatic rings. The maximum atomic E-state index is 10.4. The van der Waals surface area contributed by atoms with Gasteiger partial charge in [-0.25, -0.2) is 8.42 Å². The molecule has 37 heavy (non-hydrogen) atoms. The molecule has 0 atom stereocenters. The average Bonchev–Trinajstić information content (AvgIpc) is 2.87. The van der Waals surface area contributed by atoms with Gasteiger partial charge in [0.15, 0.2) is 6.73 Å². The van der Waals surface area contributed by atoms with E-state index in [4.69, 9.17) is 0 Å². The second kappa shape index (κ2) is 23.0. The van der Waals surface area contributed by atoms with Crippen LogP contribution in [0.3, 0.4) is 0 Å². The summed E-state index contributed by atoms with van der Waals surface area (Å²) in [5, 5.41) is 9.80. The Balaban J connectivity index is 0.000000970. The zero-order valence-electron chi connectivity index (χ0n) is 24.7. The summed E-state index contributed by atoms with van der Waals surface area (Å²) in [6, 6.07) is 5.78. The van der Waals surface area contributed by atoms with E-state index in [2.05, 4.69) is 20.9 Å². The Morgan fingerprint density at radius 1 is 0.649 bits per heavy atom. The monoisotopic (exact) mass is 541 g/mol. The summed E-state index contributed by atoms with van der Waals surface area (Å²) in [6.07, 6.45) is 24.9. The van der Waals surface area contributed by atoms with E-state index in [1.54, 1.807) is 12.1 Å². The highest BCUT2D eigenvalue weighted by molar-refractivity contribution is 7.85. The third-order valence-electron chi connectivity index (χ3n) is 7.25. The summed E-state index contributed by atoms with van der Waals surface area (Å²) in [5.41, 5.74) is 0.928. The largest absolute Gasteiger partial charge is 0.744 e. The van der Waals surface area contributed by atoms with E-state index in [-0.39, 0.29) is 4.90 Å². The van der Waals surface area contributed by atoms with Crippen LogP contribution in [-0.2, 0) is 10.1 Å². The summed E-state index contributed by atoms with van der Waals surface area (Å²) in [4.78, 5) is -0.178. The van der Waals surface area contributed by atoms with Crippen LogP contribution in [0.5, 0.6) is 0 Å². The average molecular weight is 542 g/mol. The van der Waals surface area contributed by atoms with Crippen molar-refractivity contribution in [2.45, 2.75) is 141 Å². The molecular weight excluding hydrogens is 482 g/mol. The third kappa shape index (κ3) is 21.7. The predicted octanol–water partition coefficient (Wildman–Crippen LogP) is 8.34. The molecule has 218 valence electrons. The summed E-state index contributed by atoms with van der Waals surface area (Å²) in [6.45, 7) is 9.01. The van der Waals surface area contributed by atoms with Gasteiger partial charge in [0.2, 0.25) is 0 Å². The van der Waals surface area contributed by atoms with E-state index in [1.807, 2.05) is 6.92 Å². The minimum Gasteiger partial charge on any atom is -0.744 e. The number of nitrogens with zero attached hydrogens (tertiary/aromatic N) is 1. The van der Waals surface area contributed by atoms with Gasteiger partial charge < -0.3 is 14.1 Å². The highest BCUT2D eigenvalue weighted by Gasteiger charge is 2.18. The van der Waals surface area contributed by atoms with Crippen molar-refractivity contribution in [1.29, 1.82) is 0 Å². The first-order valence-electron chi connectivity index (χ1n) is 15.2.